The van der Waals surface area contributed by atoms with Gasteiger partial charge in [-0.05, 0) is 12.5 Å². The number of allylic oxidation sites excluding steroid dienone is 2. The summed E-state index contributed by atoms with van der Waals surface area (Å²) < 4.78 is 53.1. The summed E-state index contributed by atoms with van der Waals surface area (Å²) in [6.07, 6.45) is -4.06. The van der Waals surface area contributed by atoms with Crippen molar-refractivity contribution in [1.82, 2.24) is 15.2 Å². The van der Waals surface area contributed by atoms with Crippen LogP contribution in [-0.2, 0) is 25.7 Å². The summed E-state index contributed by atoms with van der Waals surface area (Å²) in [7, 11) is 1.36. The molecule has 4 rings (SSSR count). The number of aryl methyl sites for hydroxylation is 1. The van der Waals surface area contributed by atoms with E-state index in [4.69, 9.17) is 14.9 Å². The van der Waals surface area contributed by atoms with Gasteiger partial charge >= 0.3 is 18.0 Å². The number of ether oxygens (including phenoxy) is 1. The predicted molar refractivity (Wildman–Crippen MR) is 128 cm³/mol. The molecule has 0 radical (unpaired) electrons. The highest BCUT2D eigenvalue weighted by molar-refractivity contribution is 8.00. The molecule has 0 bridgehead atoms. The number of halogens is 3. The average Bonchev–Trinajstić information content (AvgIpc) is 3.42. The van der Waals surface area contributed by atoms with Crippen LogP contribution in [0.3, 0.4) is 0 Å². The van der Waals surface area contributed by atoms with E-state index in [0.29, 0.717) is 6.08 Å². The molecule has 4 heterocycles. The number of hydrogen-bond acceptors (Lipinski definition) is 12. The molecule has 2 aromatic rings. The first kappa shape index (κ1) is 27.2. The number of nitrogens with one attached hydrogen (secondary N) is 1. The van der Waals surface area contributed by atoms with Crippen LogP contribution >= 0.6 is 23.1 Å². The molecule has 0 aromatic carbocycles. The zero-order chi connectivity index (χ0) is 27.8. The number of aromatic nitrogens is 1. The van der Waals surface area contributed by atoms with Crippen molar-refractivity contribution in [2.45, 2.75) is 31.1 Å². The summed E-state index contributed by atoms with van der Waals surface area (Å²) in [5.41, 5.74) is 5.19. The van der Waals surface area contributed by atoms with Crippen LogP contribution in [0.1, 0.15) is 17.2 Å². The molecule has 0 aliphatic carbocycles. The second kappa shape index (κ2) is 10.5. The minimum Gasteiger partial charge on any atom is -0.453 e. The molecule has 12 nitrogen and oxygen atoms in total. The molecule has 2 aromatic heterocycles. The van der Waals surface area contributed by atoms with Crippen LogP contribution in [-0.4, -0.2) is 63.8 Å². The predicted octanol–water partition coefficient (Wildman–Crippen LogP) is 1.51. The fraction of sp³-hybridized carbons (Fsp3) is 0.333. The SMILES string of the molecule is CN=C(C(=O)NC1C(=O)N2C(C(=O)OCc3oc(=O)oc3C)=C(C=CC(F)(F)F)CS[C@@H]12)c1csc(N)n1. The van der Waals surface area contributed by atoms with Gasteiger partial charge in [-0.1, -0.05) is 6.08 Å². The Morgan fingerprint density at radius 1 is 1.37 bits per heavy atom. The van der Waals surface area contributed by atoms with Gasteiger partial charge in [0, 0.05) is 24.3 Å². The van der Waals surface area contributed by atoms with Crippen LogP contribution in [0.4, 0.5) is 18.3 Å². The normalized spacial score (nSPS) is 20.0. The topological polar surface area (TPSA) is 170 Å². The van der Waals surface area contributed by atoms with Crippen molar-refractivity contribution in [3.63, 3.8) is 0 Å². The molecule has 2 aliphatic rings. The van der Waals surface area contributed by atoms with Gasteiger partial charge in [-0.3, -0.25) is 19.5 Å². The van der Waals surface area contributed by atoms with Crippen LogP contribution < -0.4 is 16.9 Å². The number of fused-ring (bicyclic) bond motifs is 1. The molecule has 0 spiro atoms. The first-order valence-electron chi connectivity index (χ1n) is 10.6. The Morgan fingerprint density at radius 2 is 2.11 bits per heavy atom. The number of nitrogens with two attached hydrogens (primary N) is 1. The Balaban J connectivity index is 1.56. The van der Waals surface area contributed by atoms with Gasteiger partial charge in [-0.2, -0.15) is 13.2 Å². The van der Waals surface area contributed by atoms with Crippen molar-refractivity contribution in [2.24, 2.45) is 4.99 Å². The summed E-state index contributed by atoms with van der Waals surface area (Å²) in [4.78, 5) is 58.9. The Morgan fingerprint density at radius 3 is 2.68 bits per heavy atom. The number of rotatable bonds is 7. The average molecular weight is 574 g/mol. The molecule has 17 heteroatoms. The van der Waals surface area contributed by atoms with E-state index in [9.17, 15) is 32.3 Å². The van der Waals surface area contributed by atoms with E-state index in [2.05, 4.69) is 19.7 Å². The number of anilines is 1. The summed E-state index contributed by atoms with van der Waals surface area (Å²) in [6, 6.07) is -1.11. The number of carbonyl (C=O) groups excluding carboxylic acids is 3. The Labute approximate surface area is 219 Å². The molecule has 202 valence electrons. The maximum absolute atomic E-state index is 13.0. The summed E-state index contributed by atoms with van der Waals surface area (Å²) in [5, 5.41) is 3.44. The standard InChI is InChI=1S/C21H18F3N5O7S2/c1-8-11(36-20(33)35-8)5-34-18(32)14-9(3-4-21(22,23)24)6-37-17-13(16(31)29(14)17)28-15(30)12(26-2)10-7-38-19(25)27-10/h3-4,7,13,17H,5-6H2,1-2H3,(H2,25,27)(H,28,30)/t13?,17-/m0/s1. The number of β-lactam (4-membered cyclic amide) rings is 1. The molecule has 1 unspecified atom stereocenters. The Bertz CT molecular complexity index is 1440. The number of thiazole rings is 1. The molecule has 0 saturated carbocycles. The molecule has 1 saturated heterocycles. The molecule has 2 atom stereocenters. The van der Waals surface area contributed by atoms with E-state index in [1.165, 1.54) is 19.4 Å². The van der Waals surface area contributed by atoms with E-state index < -0.39 is 53.5 Å². The minimum atomic E-state index is -4.68. The molecule has 38 heavy (non-hydrogen) atoms. The Kier molecular flexibility index (Phi) is 7.50. The molecular weight excluding hydrogens is 555 g/mol. The van der Waals surface area contributed by atoms with Crippen LogP contribution in [0.2, 0.25) is 0 Å². The van der Waals surface area contributed by atoms with Gasteiger partial charge in [0.25, 0.3) is 11.8 Å². The summed E-state index contributed by atoms with van der Waals surface area (Å²) in [6.45, 7) is 0.821. The lowest BCUT2D eigenvalue weighted by atomic mass is 10.0. The first-order valence-corrected chi connectivity index (χ1v) is 12.5. The van der Waals surface area contributed by atoms with Gasteiger partial charge in [0.05, 0.1) is 0 Å². The summed E-state index contributed by atoms with van der Waals surface area (Å²) >= 11 is 2.13. The zero-order valence-electron chi connectivity index (χ0n) is 19.5. The van der Waals surface area contributed by atoms with Gasteiger partial charge < -0.3 is 24.6 Å². The number of alkyl halides is 3. The van der Waals surface area contributed by atoms with Gasteiger partial charge in [0.1, 0.15) is 28.5 Å². The number of aliphatic imine (C=N–C) groups is 1. The fourth-order valence-electron chi connectivity index (χ4n) is 3.60. The highest BCUT2D eigenvalue weighted by atomic mass is 32.2. The van der Waals surface area contributed by atoms with Crippen molar-refractivity contribution >= 4 is 51.7 Å². The lowest BCUT2D eigenvalue weighted by Crippen LogP contribution is -2.71. The van der Waals surface area contributed by atoms with E-state index in [1.807, 2.05) is 0 Å². The molecule has 2 amide bonds. The lowest BCUT2D eigenvalue weighted by molar-refractivity contribution is -0.153. The number of thioether (sulfide) groups is 1. The van der Waals surface area contributed by atoms with E-state index in [-0.39, 0.29) is 45.5 Å². The van der Waals surface area contributed by atoms with Gasteiger partial charge in [-0.15, -0.1) is 23.1 Å². The Hall–Kier alpha value is -3.86. The largest absolute Gasteiger partial charge is 0.519 e. The fourth-order valence-corrected chi connectivity index (χ4v) is 5.47. The van der Waals surface area contributed by atoms with Crippen LogP contribution in [0.5, 0.6) is 0 Å². The van der Waals surface area contributed by atoms with Gasteiger partial charge in [0.15, 0.2) is 23.3 Å². The highest BCUT2D eigenvalue weighted by Crippen LogP contribution is 2.41. The second-order valence-corrected chi connectivity index (χ2v) is 9.76. The smallest absolute Gasteiger partial charge is 0.453 e. The first-order chi connectivity index (χ1) is 17.9. The summed E-state index contributed by atoms with van der Waals surface area (Å²) in [5.74, 6) is -3.79. The number of esters is 1. The van der Waals surface area contributed by atoms with Crippen LogP contribution in [0, 0.1) is 6.92 Å². The molecule has 1 fully saturated rings. The van der Waals surface area contributed by atoms with Crippen molar-refractivity contribution in [2.75, 3.05) is 18.5 Å². The van der Waals surface area contributed by atoms with Crippen molar-refractivity contribution in [3.8, 4) is 0 Å². The van der Waals surface area contributed by atoms with Gasteiger partial charge in [-0.25, -0.2) is 14.6 Å². The van der Waals surface area contributed by atoms with Crippen LogP contribution in [0.25, 0.3) is 0 Å². The number of carbonyl (C=O) groups is 3. The van der Waals surface area contributed by atoms with Crippen molar-refractivity contribution < 1.29 is 41.1 Å². The highest BCUT2D eigenvalue weighted by Gasteiger charge is 2.54. The number of nitrogen functional groups attached to an aromatic ring is 1. The van der Waals surface area contributed by atoms with Crippen LogP contribution in [0.15, 0.2) is 47.4 Å². The van der Waals surface area contributed by atoms with Crippen molar-refractivity contribution in [3.05, 3.63) is 56.6 Å². The second-order valence-electron chi connectivity index (χ2n) is 7.76. The number of nitrogens with zero attached hydrogens (tertiary/aromatic N) is 3. The van der Waals surface area contributed by atoms with Crippen molar-refractivity contribution in [1.29, 1.82) is 0 Å². The lowest BCUT2D eigenvalue weighted by Gasteiger charge is -2.49. The zero-order valence-corrected chi connectivity index (χ0v) is 21.2. The quantitative estimate of drug-likeness (QED) is 0.281. The molecule has 3 N–H and O–H groups in total. The van der Waals surface area contributed by atoms with Gasteiger partial charge in [0.2, 0.25) is 0 Å². The third-order valence-corrected chi connectivity index (χ3v) is 7.30. The minimum absolute atomic E-state index is 0.0455. The molecule has 2 aliphatic heterocycles. The third kappa shape index (κ3) is 5.52. The third-order valence-electron chi connectivity index (χ3n) is 5.32. The number of amides is 2. The maximum atomic E-state index is 13.0. The maximum Gasteiger partial charge on any atom is 0.519 e. The van der Waals surface area contributed by atoms with E-state index >= 15 is 0 Å². The monoisotopic (exact) mass is 573 g/mol. The molecular formula is C21H18F3N5O7S2. The number of hydrogen-bond donors (Lipinski definition) is 2. The van der Waals surface area contributed by atoms with E-state index in [0.717, 1.165) is 28.0 Å². The van der Waals surface area contributed by atoms with E-state index in [1.54, 1.807) is 0 Å².